The molecule has 0 saturated heterocycles. The van der Waals surface area contributed by atoms with E-state index in [0.29, 0.717) is 13.2 Å². The molecule has 1 aromatic rings. The minimum atomic E-state index is -0.497. The molecule has 0 spiro atoms. The maximum absolute atomic E-state index is 10.6. The first-order valence-electron chi connectivity index (χ1n) is 11.0. The standard InChI is InChI=1S/C24H37NO3/c1-23(2,3)21-10-20(27-4)5-6-22(21)28-15-19(26)14-25-24-11-16-7-17(12-24)9-18(8-16)13-24/h5-6,10,16-19,25-26H,7-9,11-15H2,1-4H3. The molecule has 4 aliphatic rings. The topological polar surface area (TPSA) is 50.7 Å². The van der Waals surface area contributed by atoms with Crippen molar-refractivity contribution in [2.45, 2.75) is 76.4 Å². The van der Waals surface area contributed by atoms with Gasteiger partial charge in [-0.25, -0.2) is 0 Å². The molecule has 0 radical (unpaired) electrons. The monoisotopic (exact) mass is 387 g/mol. The fraction of sp³-hybridized carbons (Fsp3) is 0.750. The number of aliphatic hydroxyl groups is 1. The lowest BCUT2D eigenvalue weighted by molar-refractivity contribution is -0.0267. The van der Waals surface area contributed by atoms with Crippen LogP contribution in [0.4, 0.5) is 0 Å². The van der Waals surface area contributed by atoms with Gasteiger partial charge in [0.1, 0.15) is 24.2 Å². The molecule has 4 nitrogen and oxygen atoms in total. The van der Waals surface area contributed by atoms with Gasteiger partial charge in [-0.3, -0.25) is 0 Å². The number of benzene rings is 1. The number of hydrogen-bond acceptors (Lipinski definition) is 4. The van der Waals surface area contributed by atoms with Crippen LogP contribution < -0.4 is 14.8 Å². The van der Waals surface area contributed by atoms with E-state index in [2.05, 4.69) is 26.1 Å². The molecule has 4 heteroatoms. The number of hydrogen-bond donors (Lipinski definition) is 2. The summed E-state index contributed by atoms with van der Waals surface area (Å²) in [5.74, 6) is 4.42. The van der Waals surface area contributed by atoms with Gasteiger partial charge in [0.15, 0.2) is 0 Å². The summed E-state index contributed by atoms with van der Waals surface area (Å²) >= 11 is 0. The van der Waals surface area contributed by atoms with Crippen molar-refractivity contribution in [2.24, 2.45) is 17.8 Å². The number of nitrogens with one attached hydrogen (secondary N) is 1. The first kappa shape index (κ1) is 20.0. The Labute approximate surface area is 170 Å². The van der Waals surface area contributed by atoms with Gasteiger partial charge < -0.3 is 19.9 Å². The van der Waals surface area contributed by atoms with Gasteiger partial charge >= 0.3 is 0 Å². The predicted octanol–water partition coefficient (Wildman–Crippen LogP) is 4.29. The normalized spacial score (nSPS) is 32.4. The quantitative estimate of drug-likeness (QED) is 0.733. The molecule has 0 aromatic heterocycles. The van der Waals surface area contributed by atoms with Gasteiger partial charge in [-0.15, -0.1) is 0 Å². The van der Waals surface area contributed by atoms with Gasteiger partial charge in [0, 0.05) is 17.6 Å². The van der Waals surface area contributed by atoms with E-state index in [0.717, 1.165) is 34.8 Å². The highest BCUT2D eigenvalue weighted by Gasteiger charge is 2.50. The number of methoxy groups -OCH3 is 1. The summed E-state index contributed by atoms with van der Waals surface area (Å²) in [5, 5.41) is 14.4. The summed E-state index contributed by atoms with van der Waals surface area (Å²) in [4.78, 5) is 0. The van der Waals surface area contributed by atoms with E-state index in [1.165, 1.54) is 38.5 Å². The summed E-state index contributed by atoms with van der Waals surface area (Å²) in [6, 6.07) is 5.92. The molecular weight excluding hydrogens is 350 g/mol. The Morgan fingerprint density at radius 3 is 2.25 bits per heavy atom. The fourth-order valence-electron chi connectivity index (χ4n) is 6.25. The molecule has 4 fully saturated rings. The molecule has 2 N–H and O–H groups in total. The van der Waals surface area contributed by atoms with Crippen molar-refractivity contribution in [1.29, 1.82) is 0 Å². The van der Waals surface area contributed by atoms with E-state index in [4.69, 9.17) is 9.47 Å². The number of rotatable bonds is 7. The number of β-amino-alcohol motifs (C(OH)–C–C–N with tert-alkyl or cyclic N) is 1. The van der Waals surface area contributed by atoms with Crippen molar-refractivity contribution in [1.82, 2.24) is 5.32 Å². The van der Waals surface area contributed by atoms with Gasteiger partial charge in [-0.2, -0.15) is 0 Å². The first-order chi connectivity index (χ1) is 13.3. The van der Waals surface area contributed by atoms with Crippen LogP contribution in [0.25, 0.3) is 0 Å². The van der Waals surface area contributed by atoms with Crippen LogP contribution in [0.15, 0.2) is 18.2 Å². The molecule has 0 amide bonds. The van der Waals surface area contributed by atoms with Crippen molar-refractivity contribution in [2.75, 3.05) is 20.3 Å². The lowest BCUT2D eigenvalue weighted by Crippen LogP contribution is -2.59. The minimum Gasteiger partial charge on any atom is -0.497 e. The largest absolute Gasteiger partial charge is 0.497 e. The van der Waals surface area contributed by atoms with E-state index in [1.54, 1.807) is 7.11 Å². The third-order valence-corrected chi connectivity index (χ3v) is 7.18. The Balaban J connectivity index is 1.33. The van der Waals surface area contributed by atoms with E-state index < -0.39 is 6.10 Å². The number of aliphatic hydroxyl groups excluding tert-OH is 1. The van der Waals surface area contributed by atoms with Crippen LogP contribution in [0.1, 0.15) is 64.9 Å². The van der Waals surface area contributed by atoms with Crippen LogP contribution in [0.3, 0.4) is 0 Å². The molecule has 4 saturated carbocycles. The average molecular weight is 388 g/mol. The number of ether oxygens (including phenoxy) is 2. The molecule has 156 valence electrons. The Morgan fingerprint density at radius 1 is 1.11 bits per heavy atom. The molecule has 28 heavy (non-hydrogen) atoms. The van der Waals surface area contributed by atoms with E-state index in [1.807, 2.05) is 18.2 Å². The predicted molar refractivity (Wildman–Crippen MR) is 112 cm³/mol. The van der Waals surface area contributed by atoms with Crippen molar-refractivity contribution >= 4 is 0 Å². The lowest BCUT2D eigenvalue weighted by Gasteiger charge is -2.57. The minimum absolute atomic E-state index is 0.0493. The molecule has 1 unspecified atom stereocenters. The molecular formula is C24H37NO3. The van der Waals surface area contributed by atoms with Crippen LogP contribution in [-0.4, -0.2) is 37.0 Å². The molecule has 5 rings (SSSR count). The summed E-state index contributed by atoms with van der Waals surface area (Å²) in [6.45, 7) is 7.43. The third kappa shape index (κ3) is 4.18. The van der Waals surface area contributed by atoms with Crippen molar-refractivity contribution in [3.8, 4) is 11.5 Å². The SMILES string of the molecule is COc1ccc(OCC(O)CNC23CC4CC(CC(C4)C2)C3)c(C(C)(C)C)c1. The maximum atomic E-state index is 10.6. The zero-order valence-corrected chi connectivity index (χ0v) is 18.0. The summed E-state index contributed by atoms with van der Waals surface area (Å²) < 4.78 is 11.4. The van der Waals surface area contributed by atoms with Crippen molar-refractivity contribution in [3.63, 3.8) is 0 Å². The zero-order chi connectivity index (χ0) is 19.9. The maximum Gasteiger partial charge on any atom is 0.123 e. The molecule has 1 atom stereocenters. The van der Waals surface area contributed by atoms with Gasteiger partial charge in [0.25, 0.3) is 0 Å². The van der Waals surface area contributed by atoms with Crippen molar-refractivity contribution in [3.05, 3.63) is 23.8 Å². The highest BCUT2D eigenvalue weighted by molar-refractivity contribution is 5.44. The Morgan fingerprint density at radius 2 is 1.71 bits per heavy atom. The second-order valence-electron chi connectivity index (χ2n) is 10.7. The highest BCUT2D eigenvalue weighted by Crippen LogP contribution is 2.55. The second kappa shape index (κ2) is 7.53. The Hall–Kier alpha value is -1.26. The van der Waals surface area contributed by atoms with Crippen LogP contribution >= 0.6 is 0 Å². The lowest BCUT2D eigenvalue weighted by atomic mass is 9.53. The third-order valence-electron chi connectivity index (χ3n) is 7.18. The smallest absolute Gasteiger partial charge is 0.123 e. The summed E-state index contributed by atoms with van der Waals surface area (Å²) in [6.07, 6.45) is 7.75. The summed E-state index contributed by atoms with van der Waals surface area (Å²) in [5.41, 5.74) is 1.34. The van der Waals surface area contributed by atoms with E-state index >= 15 is 0 Å². The summed E-state index contributed by atoms with van der Waals surface area (Å²) in [7, 11) is 1.68. The highest BCUT2D eigenvalue weighted by atomic mass is 16.5. The van der Waals surface area contributed by atoms with Crippen LogP contribution in [0.5, 0.6) is 11.5 Å². The van der Waals surface area contributed by atoms with Gasteiger partial charge in [0.05, 0.1) is 7.11 Å². The van der Waals surface area contributed by atoms with Crippen LogP contribution in [0.2, 0.25) is 0 Å². The van der Waals surface area contributed by atoms with E-state index in [9.17, 15) is 5.11 Å². The average Bonchev–Trinajstić information content (AvgIpc) is 2.63. The molecule has 4 aliphatic carbocycles. The van der Waals surface area contributed by atoms with Crippen LogP contribution in [0, 0.1) is 17.8 Å². The fourth-order valence-corrected chi connectivity index (χ4v) is 6.25. The molecule has 0 aliphatic heterocycles. The van der Waals surface area contributed by atoms with E-state index in [-0.39, 0.29) is 11.0 Å². The van der Waals surface area contributed by atoms with Gasteiger partial charge in [-0.1, -0.05) is 20.8 Å². The van der Waals surface area contributed by atoms with Crippen LogP contribution in [-0.2, 0) is 5.41 Å². The molecule has 1 aromatic carbocycles. The Kier molecular flexibility index (Phi) is 5.39. The Bertz CT molecular complexity index is 658. The van der Waals surface area contributed by atoms with Crippen molar-refractivity contribution < 1.29 is 14.6 Å². The molecule has 0 heterocycles. The molecule has 4 bridgehead atoms. The first-order valence-corrected chi connectivity index (χ1v) is 11.0. The van der Waals surface area contributed by atoms with Gasteiger partial charge in [0.2, 0.25) is 0 Å². The zero-order valence-electron chi connectivity index (χ0n) is 18.0. The second-order valence-corrected chi connectivity index (χ2v) is 10.7. The van der Waals surface area contributed by atoms with Gasteiger partial charge in [-0.05, 0) is 79.9 Å².